The zero-order valence-corrected chi connectivity index (χ0v) is 13.9. The summed E-state index contributed by atoms with van der Waals surface area (Å²) in [7, 11) is 1.37. The summed E-state index contributed by atoms with van der Waals surface area (Å²) in [5.41, 5.74) is 3.29. The maximum absolute atomic E-state index is 12.2. The Bertz CT molecular complexity index is 900. The molecule has 128 valence electrons. The van der Waals surface area contributed by atoms with Crippen LogP contribution in [0.25, 0.3) is 11.1 Å². The highest BCUT2D eigenvalue weighted by atomic mass is 16.5. The molecule has 0 N–H and O–H groups in total. The predicted molar refractivity (Wildman–Crippen MR) is 90.1 cm³/mol. The summed E-state index contributed by atoms with van der Waals surface area (Å²) in [5.74, 6) is -0.0162. The number of pyridine rings is 1. The zero-order valence-electron chi connectivity index (χ0n) is 13.9. The molecular formula is C19H18N2O4. The summed E-state index contributed by atoms with van der Waals surface area (Å²) in [5, 5.41) is 4.63. The molecule has 4 rings (SSSR count). The molecule has 0 unspecified atom stereocenters. The molecule has 1 aromatic carbocycles. The van der Waals surface area contributed by atoms with Crippen LogP contribution in [0.15, 0.2) is 40.9 Å². The van der Waals surface area contributed by atoms with Crippen LogP contribution in [0.3, 0.4) is 0 Å². The van der Waals surface area contributed by atoms with Crippen molar-refractivity contribution in [3.8, 4) is 0 Å². The Kier molecular flexibility index (Phi) is 4.19. The molecule has 6 heteroatoms. The first kappa shape index (κ1) is 15.8. The molecule has 0 atom stereocenters. The summed E-state index contributed by atoms with van der Waals surface area (Å²) in [6.45, 7) is 0.687. The number of nitrogens with zero attached hydrogens (tertiary/aromatic N) is 2. The van der Waals surface area contributed by atoms with Crippen molar-refractivity contribution in [3.63, 3.8) is 0 Å². The minimum atomic E-state index is -0.415. The third-order valence-corrected chi connectivity index (χ3v) is 4.29. The van der Waals surface area contributed by atoms with E-state index in [0.29, 0.717) is 34.9 Å². The number of esters is 1. The van der Waals surface area contributed by atoms with Crippen LogP contribution in [0.1, 0.15) is 46.1 Å². The van der Waals surface area contributed by atoms with Gasteiger partial charge in [-0.2, -0.15) is 0 Å². The van der Waals surface area contributed by atoms with E-state index in [1.165, 1.54) is 7.11 Å². The largest absolute Gasteiger partial charge is 0.465 e. The van der Waals surface area contributed by atoms with E-state index in [9.17, 15) is 4.79 Å². The van der Waals surface area contributed by atoms with Gasteiger partial charge in [-0.25, -0.2) is 9.78 Å². The van der Waals surface area contributed by atoms with E-state index in [1.807, 2.05) is 30.3 Å². The lowest BCUT2D eigenvalue weighted by molar-refractivity contribution is 0.0602. The minimum absolute atomic E-state index is 0.232. The molecule has 6 nitrogen and oxygen atoms in total. The van der Waals surface area contributed by atoms with E-state index in [2.05, 4.69) is 10.1 Å². The molecule has 1 aliphatic carbocycles. The monoisotopic (exact) mass is 338 g/mol. The average Bonchev–Trinajstić information content (AvgIpc) is 3.43. The van der Waals surface area contributed by atoms with Gasteiger partial charge in [0.15, 0.2) is 0 Å². The van der Waals surface area contributed by atoms with Crippen molar-refractivity contribution in [3.05, 3.63) is 58.9 Å². The first-order valence-corrected chi connectivity index (χ1v) is 8.25. The van der Waals surface area contributed by atoms with Gasteiger partial charge in [0.05, 0.1) is 31.3 Å². The molecule has 2 heterocycles. The molecule has 1 aliphatic rings. The summed E-state index contributed by atoms with van der Waals surface area (Å²) in [6.07, 6.45) is 2.17. The number of ether oxygens (including phenoxy) is 2. The topological polar surface area (TPSA) is 74.5 Å². The van der Waals surface area contributed by atoms with E-state index in [1.54, 1.807) is 6.07 Å². The Morgan fingerprint density at radius 1 is 1.24 bits per heavy atom. The normalized spacial score (nSPS) is 14.0. The zero-order chi connectivity index (χ0) is 17.2. The number of rotatable bonds is 6. The fourth-order valence-corrected chi connectivity index (χ4v) is 2.83. The van der Waals surface area contributed by atoms with E-state index < -0.39 is 5.97 Å². The first-order chi connectivity index (χ1) is 12.3. The molecule has 0 spiro atoms. The van der Waals surface area contributed by atoms with Crippen LogP contribution in [0.4, 0.5) is 0 Å². The maximum Gasteiger partial charge on any atom is 0.338 e. The maximum atomic E-state index is 12.2. The second-order valence-electron chi connectivity index (χ2n) is 6.15. The highest BCUT2D eigenvalue weighted by molar-refractivity contribution is 6.03. The van der Waals surface area contributed by atoms with Gasteiger partial charge in [-0.3, -0.25) is 0 Å². The van der Waals surface area contributed by atoms with Gasteiger partial charge in [0.1, 0.15) is 5.69 Å². The standard InChI is InChI=1S/C19H18N2O4/c1-23-19(22)14-9-15(13-7-8-13)20-18-17(14)16(21-25-18)11-24-10-12-5-3-2-4-6-12/h2-6,9,13H,7-8,10-11H2,1H3. The van der Waals surface area contributed by atoms with Gasteiger partial charge in [0.25, 0.3) is 5.71 Å². The Balaban J connectivity index is 1.61. The molecule has 0 aliphatic heterocycles. The van der Waals surface area contributed by atoms with Crippen LogP contribution in [-0.4, -0.2) is 23.2 Å². The Hall–Kier alpha value is -2.73. The van der Waals surface area contributed by atoms with E-state index in [4.69, 9.17) is 14.0 Å². The van der Waals surface area contributed by atoms with Crippen molar-refractivity contribution in [2.75, 3.05) is 7.11 Å². The molecule has 0 bridgehead atoms. The molecule has 2 aromatic heterocycles. The van der Waals surface area contributed by atoms with Crippen LogP contribution in [-0.2, 0) is 22.7 Å². The molecule has 1 saturated carbocycles. The van der Waals surface area contributed by atoms with Crippen molar-refractivity contribution >= 4 is 17.1 Å². The van der Waals surface area contributed by atoms with Gasteiger partial charge in [-0.1, -0.05) is 35.5 Å². The number of hydrogen-bond acceptors (Lipinski definition) is 6. The fourth-order valence-electron chi connectivity index (χ4n) is 2.83. The number of benzene rings is 1. The van der Waals surface area contributed by atoms with Crippen molar-refractivity contribution in [1.29, 1.82) is 0 Å². The SMILES string of the molecule is COC(=O)c1cc(C2CC2)nc2onc(COCc3ccccc3)c12. The number of carbonyl (C=O) groups excluding carboxylic acids is 1. The summed E-state index contributed by atoms with van der Waals surface area (Å²) >= 11 is 0. The van der Waals surface area contributed by atoms with Crippen molar-refractivity contribution in [2.45, 2.75) is 32.0 Å². The summed E-state index contributed by atoms with van der Waals surface area (Å²) in [4.78, 5) is 16.7. The van der Waals surface area contributed by atoms with E-state index >= 15 is 0 Å². The number of methoxy groups -OCH3 is 1. The number of hydrogen-bond donors (Lipinski definition) is 0. The molecular weight excluding hydrogens is 320 g/mol. The first-order valence-electron chi connectivity index (χ1n) is 8.25. The lowest BCUT2D eigenvalue weighted by atomic mass is 10.1. The second-order valence-corrected chi connectivity index (χ2v) is 6.15. The molecule has 25 heavy (non-hydrogen) atoms. The molecule has 1 fully saturated rings. The van der Waals surface area contributed by atoms with Crippen LogP contribution >= 0.6 is 0 Å². The van der Waals surface area contributed by atoms with Crippen molar-refractivity contribution in [1.82, 2.24) is 10.1 Å². The van der Waals surface area contributed by atoms with Gasteiger partial charge in [-0.15, -0.1) is 0 Å². The van der Waals surface area contributed by atoms with Gasteiger partial charge >= 0.3 is 5.97 Å². The number of carbonyl (C=O) groups is 1. The summed E-state index contributed by atoms with van der Waals surface area (Å²) in [6, 6.07) is 11.7. The smallest absolute Gasteiger partial charge is 0.338 e. The summed E-state index contributed by atoms with van der Waals surface area (Å²) < 4.78 is 16.0. The van der Waals surface area contributed by atoms with Crippen LogP contribution in [0.5, 0.6) is 0 Å². The van der Waals surface area contributed by atoms with Gasteiger partial charge in [-0.05, 0) is 24.5 Å². The minimum Gasteiger partial charge on any atom is -0.465 e. The highest BCUT2D eigenvalue weighted by Crippen LogP contribution is 2.40. The average molecular weight is 338 g/mol. The molecule has 0 radical (unpaired) electrons. The van der Waals surface area contributed by atoms with Crippen LogP contribution < -0.4 is 0 Å². The van der Waals surface area contributed by atoms with Gasteiger partial charge in [0, 0.05) is 11.6 Å². The Morgan fingerprint density at radius 3 is 2.76 bits per heavy atom. The van der Waals surface area contributed by atoms with Gasteiger partial charge in [0.2, 0.25) is 0 Å². The van der Waals surface area contributed by atoms with Crippen molar-refractivity contribution in [2.24, 2.45) is 0 Å². The van der Waals surface area contributed by atoms with Crippen LogP contribution in [0.2, 0.25) is 0 Å². The molecule has 0 saturated heterocycles. The highest BCUT2D eigenvalue weighted by Gasteiger charge is 2.29. The molecule has 0 amide bonds. The number of fused-ring (bicyclic) bond motifs is 1. The van der Waals surface area contributed by atoms with E-state index in [0.717, 1.165) is 24.1 Å². The predicted octanol–water partition coefficient (Wildman–Crippen LogP) is 3.60. The lowest BCUT2D eigenvalue weighted by Crippen LogP contribution is -2.05. The quantitative estimate of drug-likeness (QED) is 0.639. The lowest BCUT2D eigenvalue weighted by Gasteiger charge is -2.06. The van der Waals surface area contributed by atoms with E-state index in [-0.39, 0.29) is 6.61 Å². The van der Waals surface area contributed by atoms with Gasteiger partial charge < -0.3 is 14.0 Å². The van der Waals surface area contributed by atoms with Crippen LogP contribution in [0, 0.1) is 0 Å². The number of aromatic nitrogens is 2. The fraction of sp³-hybridized carbons (Fsp3) is 0.316. The third-order valence-electron chi connectivity index (χ3n) is 4.29. The molecule has 3 aromatic rings. The Morgan fingerprint density at radius 2 is 2.04 bits per heavy atom. The van der Waals surface area contributed by atoms with Crippen molar-refractivity contribution < 1.29 is 18.8 Å². The second kappa shape index (κ2) is 6.64. The third kappa shape index (κ3) is 3.25. The Labute approximate surface area is 144 Å².